The summed E-state index contributed by atoms with van der Waals surface area (Å²) in [5, 5.41) is 3.03. The van der Waals surface area contributed by atoms with Crippen molar-refractivity contribution in [2.45, 2.75) is 52.0 Å². The van der Waals surface area contributed by atoms with Crippen molar-refractivity contribution >= 4 is 17.5 Å². The number of rotatable bonds is 3. The Balaban J connectivity index is 1.67. The SMILES string of the molecule is Cc1cccc(C)c1NC(=O)[C@@H]1CC(=O)N(C2CCCC2)C1. The van der Waals surface area contributed by atoms with Crippen LogP contribution in [-0.2, 0) is 9.59 Å². The third-order valence-electron chi connectivity index (χ3n) is 5.02. The first kappa shape index (κ1) is 15.1. The highest BCUT2D eigenvalue weighted by Crippen LogP contribution is 2.30. The number of hydrogen-bond acceptors (Lipinski definition) is 2. The van der Waals surface area contributed by atoms with E-state index in [1.165, 1.54) is 12.8 Å². The maximum atomic E-state index is 12.5. The van der Waals surface area contributed by atoms with E-state index in [1.807, 2.05) is 36.9 Å². The number of carbonyl (C=O) groups excluding carboxylic acids is 2. The molecule has 0 aromatic heterocycles. The average Bonchev–Trinajstić information content (AvgIpc) is 3.11. The summed E-state index contributed by atoms with van der Waals surface area (Å²) in [5.41, 5.74) is 3.01. The van der Waals surface area contributed by atoms with Crippen molar-refractivity contribution in [1.29, 1.82) is 0 Å². The van der Waals surface area contributed by atoms with Crippen LogP contribution in [0.3, 0.4) is 0 Å². The first-order valence-corrected chi connectivity index (χ1v) is 8.23. The molecule has 1 saturated heterocycles. The highest BCUT2D eigenvalue weighted by molar-refractivity contribution is 5.98. The van der Waals surface area contributed by atoms with Crippen molar-refractivity contribution in [3.63, 3.8) is 0 Å². The molecule has 4 nitrogen and oxygen atoms in total. The number of nitrogens with one attached hydrogen (secondary N) is 1. The van der Waals surface area contributed by atoms with E-state index in [0.29, 0.717) is 19.0 Å². The van der Waals surface area contributed by atoms with Crippen LogP contribution in [0.1, 0.15) is 43.2 Å². The summed E-state index contributed by atoms with van der Waals surface area (Å²) in [7, 11) is 0. The van der Waals surface area contributed by atoms with Crippen molar-refractivity contribution in [1.82, 2.24) is 4.90 Å². The number of hydrogen-bond donors (Lipinski definition) is 1. The van der Waals surface area contributed by atoms with Gasteiger partial charge in [0.2, 0.25) is 11.8 Å². The number of carbonyl (C=O) groups is 2. The summed E-state index contributed by atoms with van der Waals surface area (Å²) in [6.45, 7) is 4.57. The normalized spacial score (nSPS) is 22.4. The van der Waals surface area contributed by atoms with Crippen molar-refractivity contribution in [3.8, 4) is 0 Å². The molecule has 1 N–H and O–H groups in total. The van der Waals surface area contributed by atoms with Gasteiger partial charge in [0, 0.05) is 24.7 Å². The minimum atomic E-state index is -0.216. The molecule has 0 bridgehead atoms. The van der Waals surface area contributed by atoms with Gasteiger partial charge in [-0.3, -0.25) is 9.59 Å². The summed E-state index contributed by atoms with van der Waals surface area (Å²) >= 11 is 0. The van der Waals surface area contributed by atoms with E-state index in [0.717, 1.165) is 29.7 Å². The number of para-hydroxylation sites is 1. The molecule has 4 heteroatoms. The predicted octanol–water partition coefficient (Wildman–Crippen LogP) is 3.03. The van der Waals surface area contributed by atoms with Gasteiger partial charge in [-0.25, -0.2) is 0 Å². The Kier molecular flexibility index (Phi) is 4.19. The summed E-state index contributed by atoms with van der Waals surface area (Å²) in [4.78, 5) is 26.7. The van der Waals surface area contributed by atoms with Gasteiger partial charge >= 0.3 is 0 Å². The van der Waals surface area contributed by atoms with Gasteiger partial charge in [0.05, 0.1) is 5.92 Å². The zero-order chi connectivity index (χ0) is 15.7. The third-order valence-corrected chi connectivity index (χ3v) is 5.02. The van der Waals surface area contributed by atoms with Gasteiger partial charge in [0.1, 0.15) is 0 Å². The van der Waals surface area contributed by atoms with Gasteiger partial charge in [-0.15, -0.1) is 0 Å². The summed E-state index contributed by atoms with van der Waals surface area (Å²) in [6.07, 6.45) is 4.95. The molecule has 1 aromatic carbocycles. The molecular formula is C18H24N2O2. The number of aryl methyl sites for hydroxylation is 2. The van der Waals surface area contributed by atoms with E-state index in [1.54, 1.807) is 0 Å². The van der Waals surface area contributed by atoms with Crippen LogP contribution < -0.4 is 5.32 Å². The molecule has 2 amide bonds. The quantitative estimate of drug-likeness (QED) is 0.933. The van der Waals surface area contributed by atoms with E-state index in [-0.39, 0.29) is 17.7 Å². The fraction of sp³-hybridized carbons (Fsp3) is 0.556. The van der Waals surface area contributed by atoms with Crippen LogP contribution in [-0.4, -0.2) is 29.3 Å². The van der Waals surface area contributed by atoms with Gasteiger partial charge in [0.25, 0.3) is 0 Å². The molecule has 1 atom stereocenters. The van der Waals surface area contributed by atoms with Gasteiger partial charge in [-0.05, 0) is 37.8 Å². The van der Waals surface area contributed by atoms with Gasteiger partial charge in [-0.2, -0.15) is 0 Å². The van der Waals surface area contributed by atoms with Crippen molar-refractivity contribution in [2.75, 3.05) is 11.9 Å². The molecule has 2 fully saturated rings. The molecule has 0 unspecified atom stereocenters. The number of amides is 2. The number of benzene rings is 1. The van der Waals surface area contributed by atoms with Crippen LogP contribution in [0.2, 0.25) is 0 Å². The Morgan fingerprint density at radius 2 is 1.82 bits per heavy atom. The number of anilines is 1. The highest BCUT2D eigenvalue weighted by Gasteiger charge is 2.38. The first-order chi connectivity index (χ1) is 10.6. The van der Waals surface area contributed by atoms with E-state index in [2.05, 4.69) is 5.32 Å². The molecule has 3 rings (SSSR count). The molecule has 1 heterocycles. The van der Waals surface area contributed by atoms with E-state index in [4.69, 9.17) is 0 Å². The summed E-state index contributed by atoms with van der Waals surface area (Å²) < 4.78 is 0. The lowest BCUT2D eigenvalue weighted by Crippen LogP contribution is -2.35. The van der Waals surface area contributed by atoms with Crippen LogP contribution in [0, 0.1) is 19.8 Å². The molecule has 2 aliphatic rings. The molecule has 1 aliphatic carbocycles. The molecule has 0 spiro atoms. The summed E-state index contributed by atoms with van der Waals surface area (Å²) in [6, 6.07) is 6.34. The van der Waals surface area contributed by atoms with Crippen molar-refractivity contribution in [2.24, 2.45) is 5.92 Å². The second kappa shape index (κ2) is 6.11. The fourth-order valence-electron chi connectivity index (χ4n) is 3.71. The minimum Gasteiger partial charge on any atom is -0.339 e. The van der Waals surface area contributed by atoms with E-state index >= 15 is 0 Å². The zero-order valence-corrected chi connectivity index (χ0v) is 13.4. The van der Waals surface area contributed by atoms with Crippen LogP contribution in [0.4, 0.5) is 5.69 Å². The monoisotopic (exact) mass is 300 g/mol. The lowest BCUT2D eigenvalue weighted by Gasteiger charge is -2.24. The fourth-order valence-corrected chi connectivity index (χ4v) is 3.71. The lowest BCUT2D eigenvalue weighted by molar-refractivity contribution is -0.129. The maximum Gasteiger partial charge on any atom is 0.229 e. The standard InChI is InChI=1S/C18H24N2O2/c1-12-6-5-7-13(2)17(12)19-18(22)14-10-16(21)20(11-14)15-8-3-4-9-15/h5-7,14-15H,3-4,8-11H2,1-2H3,(H,19,22)/t14-/m1/s1. The van der Waals surface area contributed by atoms with Gasteiger partial charge in [0.15, 0.2) is 0 Å². The molecule has 0 radical (unpaired) electrons. The predicted molar refractivity (Wildman–Crippen MR) is 86.6 cm³/mol. The van der Waals surface area contributed by atoms with E-state index < -0.39 is 0 Å². The lowest BCUT2D eigenvalue weighted by atomic mass is 10.1. The molecular weight excluding hydrogens is 276 g/mol. The smallest absolute Gasteiger partial charge is 0.229 e. The van der Waals surface area contributed by atoms with Gasteiger partial charge in [-0.1, -0.05) is 31.0 Å². The van der Waals surface area contributed by atoms with Crippen molar-refractivity contribution in [3.05, 3.63) is 29.3 Å². The molecule has 22 heavy (non-hydrogen) atoms. The van der Waals surface area contributed by atoms with Crippen LogP contribution in [0.5, 0.6) is 0 Å². The summed E-state index contributed by atoms with van der Waals surface area (Å²) in [5.74, 6) is -0.0908. The Hall–Kier alpha value is -1.84. The van der Waals surface area contributed by atoms with Crippen LogP contribution in [0.25, 0.3) is 0 Å². The second-order valence-electron chi connectivity index (χ2n) is 6.64. The topological polar surface area (TPSA) is 49.4 Å². The van der Waals surface area contributed by atoms with Gasteiger partial charge < -0.3 is 10.2 Å². The molecule has 1 aromatic rings. The zero-order valence-electron chi connectivity index (χ0n) is 13.4. The largest absolute Gasteiger partial charge is 0.339 e. The molecule has 1 saturated carbocycles. The number of nitrogens with zero attached hydrogens (tertiary/aromatic N) is 1. The Morgan fingerprint density at radius 1 is 1.18 bits per heavy atom. The molecule has 1 aliphatic heterocycles. The Morgan fingerprint density at radius 3 is 2.45 bits per heavy atom. The maximum absolute atomic E-state index is 12.5. The average molecular weight is 300 g/mol. The minimum absolute atomic E-state index is 0.0220. The third kappa shape index (κ3) is 2.87. The molecule has 118 valence electrons. The van der Waals surface area contributed by atoms with E-state index in [9.17, 15) is 9.59 Å². The highest BCUT2D eigenvalue weighted by atomic mass is 16.2. The van der Waals surface area contributed by atoms with Crippen LogP contribution in [0.15, 0.2) is 18.2 Å². The Labute approximate surface area is 131 Å². The second-order valence-corrected chi connectivity index (χ2v) is 6.64. The van der Waals surface area contributed by atoms with Crippen LogP contribution >= 0.6 is 0 Å². The van der Waals surface area contributed by atoms with Crippen molar-refractivity contribution < 1.29 is 9.59 Å². The number of likely N-dealkylation sites (tertiary alicyclic amines) is 1. The first-order valence-electron chi connectivity index (χ1n) is 8.23. The Bertz CT molecular complexity index is 570.